The lowest BCUT2D eigenvalue weighted by atomic mass is 10.3. The smallest absolute Gasteiger partial charge is 0.273 e. The number of aryl methyl sites for hydroxylation is 1. The Balaban J connectivity index is 1.70. The molecule has 3 heterocycles. The number of hydrogen-bond donors (Lipinski definition) is 2. The van der Waals surface area contributed by atoms with Crippen molar-refractivity contribution in [3.8, 4) is 0 Å². The van der Waals surface area contributed by atoms with Crippen LogP contribution in [-0.4, -0.2) is 46.3 Å². The highest BCUT2D eigenvalue weighted by molar-refractivity contribution is 7.14. The summed E-state index contributed by atoms with van der Waals surface area (Å²) in [5, 5.41) is 8.06. The van der Waals surface area contributed by atoms with Gasteiger partial charge in [-0.05, 0) is 19.1 Å². The van der Waals surface area contributed by atoms with E-state index in [-0.39, 0.29) is 18.4 Å². The van der Waals surface area contributed by atoms with Gasteiger partial charge in [0.05, 0.1) is 6.54 Å². The van der Waals surface area contributed by atoms with Crippen LogP contribution in [-0.2, 0) is 4.79 Å². The van der Waals surface area contributed by atoms with Gasteiger partial charge in [0.25, 0.3) is 5.91 Å². The number of thiazole rings is 1. The molecule has 2 N–H and O–H groups in total. The lowest BCUT2D eigenvalue weighted by molar-refractivity contribution is -0.123. The Hall–Kier alpha value is -2.48. The van der Waals surface area contributed by atoms with Gasteiger partial charge in [0.15, 0.2) is 5.13 Å². The third-order valence-corrected chi connectivity index (χ3v) is 3.93. The molecule has 22 heavy (non-hydrogen) atoms. The molecule has 0 spiro atoms. The molecule has 7 nitrogen and oxygen atoms in total. The zero-order valence-electron chi connectivity index (χ0n) is 12.0. The Bertz CT molecular complexity index is 715. The Kier molecular flexibility index (Phi) is 4.01. The van der Waals surface area contributed by atoms with Gasteiger partial charge in [-0.3, -0.25) is 9.59 Å². The summed E-state index contributed by atoms with van der Waals surface area (Å²) in [4.78, 5) is 33.8. The maximum atomic E-state index is 12.3. The van der Waals surface area contributed by atoms with Crippen molar-refractivity contribution in [3.05, 3.63) is 35.0 Å². The molecule has 1 fully saturated rings. The normalized spacial score (nSPS) is 14.6. The number of anilines is 2. The van der Waals surface area contributed by atoms with E-state index in [2.05, 4.69) is 20.6 Å². The van der Waals surface area contributed by atoms with E-state index in [1.165, 1.54) is 16.2 Å². The van der Waals surface area contributed by atoms with Crippen LogP contribution in [0.1, 0.15) is 16.2 Å². The van der Waals surface area contributed by atoms with E-state index in [0.717, 1.165) is 5.69 Å². The molecule has 0 atom stereocenters. The van der Waals surface area contributed by atoms with Gasteiger partial charge in [-0.15, -0.1) is 11.3 Å². The lowest BCUT2D eigenvalue weighted by Crippen LogP contribution is -2.50. The summed E-state index contributed by atoms with van der Waals surface area (Å²) in [5.74, 6) is 0.319. The fraction of sp³-hybridized carbons (Fsp3) is 0.286. The van der Waals surface area contributed by atoms with E-state index >= 15 is 0 Å². The molecule has 114 valence electrons. The number of carbonyl (C=O) groups is 2. The van der Waals surface area contributed by atoms with Gasteiger partial charge in [-0.1, -0.05) is 6.07 Å². The monoisotopic (exact) mass is 317 g/mol. The van der Waals surface area contributed by atoms with Gasteiger partial charge < -0.3 is 15.5 Å². The number of aromatic nitrogens is 2. The van der Waals surface area contributed by atoms with E-state index in [9.17, 15) is 9.59 Å². The van der Waals surface area contributed by atoms with Crippen molar-refractivity contribution >= 4 is 34.1 Å². The van der Waals surface area contributed by atoms with Crippen molar-refractivity contribution < 1.29 is 9.59 Å². The molecule has 0 unspecified atom stereocenters. The Morgan fingerprint density at radius 1 is 1.41 bits per heavy atom. The topological polar surface area (TPSA) is 87.2 Å². The molecule has 0 aliphatic carbocycles. The predicted octanol–water partition coefficient (Wildman–Crippen LogP) is 1.16. The van der Waals surface area contributed by atoms with Crippen LogP contribution in [0, 0.1) is 6.92 Å². The summed E-state index contributed by atoms with van der Waals surface area (Å²) in [5.41, 5.74) is 1.24. The molecule has 0 radical (unpaired) electrons. The minimum absolute atomic E-state index is 0.0819. The van der Waals surface area contributed by atoms with Crippen LogP contribution in [0.2, 0.25) is 0 Å². The van der Waals surface area contributed by atoms with Gasteiger partial charge in [0.1, 0.15) is 11.5 Å². The largest absolute Gasteiger partial charge is 0.353 e. The summed E-state index contributed by atoms with van der Waals surface area (Å²) >= 11 is 1.33. The number of hydrogen-bond acceptors (Lipinski definition) is 6. The van der Waals surface area contributed by atoms with Crippen molar-refractivity contribution in [2.75, 3.05) is 25.0 Å². The van der Waals surface area contributed by atoms with Gasteiger partial charge in [0, 0.05) is 24.2 Å². The minimum atomic E-state index is -0.226. The zero-order chi connectivity index (χ0) is 15.5. The van der Waals surface area contributed by atoms with E-state index < -0.39 is 0 Å². The maximum absolute atomic E-state index is 12.3. The summed E-state index contributed by atoms with van der Waals surface area (Å²) in [6.45, 7) is 2.97. The molecule has 1 saturated heterocycles. The van der Waals surface area contributed by atoms with E-state index in [4.69, 9.17) is 0 Å². The number of carbonyl (C=O) groups excluding carboxylic acids is 2. The standard InChI is InChI=1S/C14H15N5O2S/c1-9-3-2-4-11(16-9)18-14-17-10(8-22-14)13(21)19-6-5-15-12(20)7-19/h2-4,8H,5-7H2,1H3,(H,15,20)(H,16,17,18). The molecule has 3 rings (SSSR count). The number of amides is 2. The number of nitrogens with zero attached hydrogens (tertiary/aromatic N) is 3. The first kappa shape index (κ1) is 14.5. The molecule has 1 aliphatic heterocycles. The highest BCUT2D eigenvalue weighted by Gasteiger charge is 2.24. The van der Waals surface area contributed by atoms with Gasteiger partial charge in [0.2, 0.25) is 5.91 Å². The molecule has 0 aromatic carbocycles. The first-order chi connectivity index (χ1) is 10.6. The maximum Gasteiger partial charge on any atom is 0.273 e. The van der Waals surface area contributed by atoms with Crippen LogP contribution in [0.5, 0.6) is 0 Å². The average Bonchev–Trinajstić information content (AvgIpc) is 2.95. The first-order valence-electron chi connectivity index (χ1n) is 6.84. The van der Waals surface area contributed by atoms with E-state index in [1.807, 2.05) is 25.1 Å². The van der Waals surface area contributed by atoms with Gasteiger partial charge in [-0.2, -0.15) is 0 Å². The second-order valence-electron chi connectivity index (χ2n) is 4.90. The van der Waals surface area contributed by atoms with Crippen molar-refractivity contribution in [2.45, 2.75) is 6.92 Å². The Labute approximate surface area is 131 Å². The summed E-state index contributed by atoms with van der Waals surface area (Å²) < 4.78 is 0. The van der Waals surface area contributed by atoms with E-state index in [0.29, 0.717) is 29.7 Å². The quantitative estimate of drug-likeness (QED) is 0.887. The third kappa shape index (κ3) is 3.22. The number of pyridine rings is 1. The lowest BCUT2D eigenvalue weighted by Gasteiger charge is -2.25. The molecular formula is C14H15N5O2S. The number of rotatable bonds is 3. The number of piperazine rings is 1. The van der Waals surface area contributed by atoms with Crippen LogP contribution in [0.25, 0.3) is 0 Å². The summed E-state index contributed by atoms with van der Waals surface area (Å²) in [6.07, 6.45) is 0. The molecule has 0 bridgehead atoms. The molecule has 2 amide bonds. The minimum Gasteiger partial charge on any atom is -0.353 e. The first-order valence-corrected chi connectivity index (χ1v) is 7.72. The highest BCUT2D eigenvalue weighted by atomic mass is 32.1. The van der Waals surface area contributed by atoms with Crippen molar-refractivity contribution in [2.24, 2.45) is 0 Å². The molecular weight excluding hydrogens is 302 g/mol. The highest BCUT2D eigenvalue weighted by Crippen LogP contribution is 2.20. The van der Waals surface area contributed by atoms with Gasteiger partial charge >= 0.3 is 0 Å². The van der Waals surface area contributed by atoms with Crippen LogP contribution < -0.4 is 10.6 Å². The molecule has 0 saturated carbocycles. The van der Waals surface area contributed by atoms with Crippen molar-refractivity contribution in [1.29, 1.82) is 0 Å². The van der Waals surface area contributed by atoms with Crippen LogP contribution >= 0.6 is 11.3 Å². The second kappa shape index (κ2) is 6.10. The second-order valence-corrected chi connectivity index (χ2v) is 5.76. The molecule has 8 heteroatoms. The van der Waals surface area contributed by atoms with Gasteiger partial charge in [-0.25, -0.2) is 9.97 Å². The Morgan fingerprint density at radius 3 is 3.05 bits per heavy atom. The fourth-order valence-electron chi connectivity index (χ4n) is 2.13. The Morgan fingerprint density at radius 2 is 2.27 bits per heavy atom. The van der Waals surface area contributed by atoms with E-state index in [1.54, 1.807) is 5.38 Å². The number of nitrogens with one attached hydrogen (secondary N) is 2. The van der Waals surface area contributed by atoms with Crippen LogP contribution in [0.15, 0.2) is 23.6 Å². The summed E-state index contributed by atoms with van der Waals surface area (Å²) in [6, 6.07) is 5.64. The molecule has 1 aliphatic rings. The third-order valence-electron chi connectivity index (χ3n) is 3.17. The predicted molar refractivity (Wildman–Crippen MR) is 83.3 cm³/mol. The molecule has 2 aromatic rings. The van der Waals surface area contributed by atoms with Crippen molar-refractivity contribution in [3.63, 3.8) is 0 Å². The van der Waals surface area contributed by atoms with Crippen molar-refractivity contribution in [1.82, 2.24) is 20.2 Å². The zero-order valence-corrected chi connectivity index (χ0v) is 12.8. The average molecular weight is 317 g/mol. The fourth-order valence-corrected chi connectivity index (χ4v) is 2.82. The SMILES string of the molecule is Cc1cccc(Nc2nc(C(=O)N3CCNC(=O)C3)cs2)n1. The molecule has 2 aromatic heterocycles. The van der Waals surface area contributed by atoms with Crippen LogP contribution in [0.4, 0.5) is 10.9 Å². The van der Waals surface area contributed by atoms with Crippen LogP contribution in [0.3, 0.4) is 0 Å². The summed E-state index contributed by atoms with van der Waals surface area (Å²) in [7, 11) is 0.